The van der Waals surface area contributed by atoms with Gasteiger partial charge in [0.2, 0.25) is 0 Å². The second-order valence-electron chi connectivity index (χ2n) is 8.01. The molecular formula is C19H27F3N2O4S. The van der Waals surface area contributed by atoms with Gasteiger partial charge in [-0.15, -0.1) is 11.3 Å². The fraction of sp³-hybridized carbons (Fsp3) is 0.789. The van der Waals surface area contributed by atoms with Crippen LogP contribution < -0.4 is 0 Å². The Morgan fingerprint density at radius 2 is 2.17 bits per heavy atom. The van der Waals surface area contributed by atoms with Crippen LogP contribution in [0.25, 0.3) is 0 Å². The maximum atomic E-state index is 10.6. The molecule has 2 unspecified atom stereocenters. The van der Waals surface area contributed by atoms with Crippen molar-refractivity contribution in [3.8, 4) is 0 Å². The lowest BCUT2D eigenvalue weighted by atomic mass is 9.73. The molecule has 2 atom stereocenters. The molecule has 10 heteroatoms. The van der Waals surface area contributed by atoms with Crippen LogP contribution in [-0.4, -0.2) is 66.2 Å². The van der Waals surface area contributed by atoms with Gasteiger partial charge in [0.05, 0.1) is 19.3 Å². The second-order valence-corrected chi connectivity index (χ2v) is 8.99. The first kappa shape index (κ1) is 22.5. The van der Waals surface area contributed by atoms with Gasteiger partial charge in [0.1, 0.15) is 5.01 Å². The number of carboxylic acids is 1. The molecule has 2 aliphatic heterocycles. The summed E-state index contributed by atoms with van der Waals surface area (Å²) in [5.41, 5.74) is 0.211. The third kappa shape index (κ3) is 6.63. The van der Waals surface area contributed by atoms with Gasteiger partial charge in [-0.3, -0.25) is 4.90 Å². The van der Waals surface area contributed by atoms with E-state index in [2.05, 4.69) is 15.3 Å². The molecule has 1 aromatic rings. The molecule has 0 radical (unpaired) electrons. The number of hydrogen-bond donors (Lipinski definition) is 1. The van der Waals surface area contributed by atoms with Crippen LogP contribution in [0, 0.1) is 11.3 Å². The first-order valence-electron chi connectivity index (χ1n) is 9.89. The molecule has 2 saturated heterocycles. The zero-order chi connectivity index (χ0) is 20.9. The van der Waals surface area contributed by atoms with Crippen molar-refractivity contribution < 1.29 is 32.5 Å². The first-order chi connectivity index (χ1) is 13.8. The van der Waals surface area contributed by atoms with Gasteiger partial charge in [0, 0.05) is 43.3 Å². The lowest BCUT2D eigenvalue weighted by Crippen LogP contribution is -2.56. The fourth-order valence-corrected chi connectivity index (χ4v) is 4.62. The number of likely N-dealkylation sites (tertiary alicyclic amines) is 1. The predicted octanol–water partition coefficient (Wildman–Crippen LogP) is 3.57. The minimum Gasteiger partial charge on any atom is -0.475 e. The molecular weight excluding hydrogens is 409 g/mol. The number of aromatic nitrogens is 1. The molecule has 0 aromatic carbocycles. The molecule has 1 saturated carbocycles. The molecule has 3 heterocycles. The van der Waals surface area contributed by atoms with E-state index < -0.39 is 12.1 Å². The number of aliphatic carboxylic acids is 1. The number of alkyl halides is 3. The van der Waals surface area contributed by atoms with Crippen molar-refractivity contribution in [2.24, 2.45) is 11.3 Å². The third-order valence-corrected chi connectivity index (χ3v) is 6.36. The van der Waals surface area contributed by atoms with Crippen LogP contribution in [0.5, 0.6) is 0 Å². The van der Waals surface area contributed by atoms with Crippen LogP contribution in [0.1, 0.15) is 37.1 Å². The molecule has 3 aliphatic rings. The Balaban J connectivity index is 0.000000298. The summed E-state index contributed by atoms with van der Waals surface area (Å²) in [6.45, 7) is 5.97. The summed E-state index contributed by atoms with van der Waals surface area (Å²) >= 11 is 1.76. The number of thiazole rings is 1. The Morgan fingerprint density at radius 1 is 1.41 bits per heavy atom. The Hall–Kier alpha value is -1.23. The highest BCUT2D eigenvalue weighted by molar-refractivity contribution is 7.09. The van der Waals surface area contributed by atoms with Crippen molar-refractivity contribution in [1.29, 1.82) is 0 Å². The molecule has 164 valence electrons. The number of ether oxygens (including phenoxy) is 2. The Morgan fingerprint density at radius 3 is 2.79 bits per heavy atom. The number of halogens is 3. The van der Waals surface area contributed by atoms with E-state index in [4.69, 9.17) is 19.4 Å². The largest absolute Gasteiger partial charge is 0.490 e. The van der Waals surface area contributed by atoms with Crippen molar-refractivity contribution in [2.45, 2.75) is 50.9 Å². The number of carbonyl (C=O) groups is 1. The zero-order valence-corrected chi connectivity index (χ0v) is 17.0. The first-order valence-corrected chi connectivity index (χ1v) is 10.8. The standard InChI is InChI=1S/C17H26N2O2S.C2HF3O2/c1-5-17(13-20-11-14-2-3-14)12-19(7-4-15(17)21-8-1)10-16-18-6-9-22-16;3-2(4,5)1(6)7/h6,9,14-15H,1-5,7-8,10-13H2;(H,6,7). The fourth-order valence-electron chi connectivity index (χ4n) is 3.96. The van der Waals surface area contributed by atoms with E-state index in [1.165, 1.54) is 30.7 Å². The molecule has 0 amide bonds. The molecule has 1 aromatic heterocycles. The number of fused-ring (bicyclic) bond motifs is 1. The van der Waals surface area contributed by atoms with Gasteiger partial charge in [-0.1, -0.05) is 0 Å². The summed E-state index contributed by atoms with van der Waals surface area (Å²) in [5, 5.41) is 10.4. The van der Waals surface area contributed by atoms with E-state index in [9.17, 15) is 13.2 Å². The molecule has 3 fully saturated rings. The van der Waals surface area contributed by atoms with Crippen molar-refractivity contribution in [2.75, 3.05) is 32.9 Å². The quantitative estimate of drug-likeness (QED) is 0.735. The zero-order valence-electron chi connectivity index (χ0n) is 16.2. The van der Waals surface area contributed by atoms with Crippen molar-refractivity contribution in [3.63, 3.8) is 0 Å². The minimum atomic E-state index is -5.08. The van der Waals surface area contributed by atoms with Crippen LogP contribution >= 0.6 is 11.3 Å². The lowest BCUT2D eigenvalue weighted by Gasteiger charge is -2.50. The number of piperidine rings is 1. The Labute approximate surface area is 172 Å². The van der Waals surface area contributed by atoms with Crippen LogP contribution in [0.2, 0.25) is 0 Å². The van der Waals surface area contributed by atoms with E-state index in [0.29, 0.717) is 6.10 Å². The molecule has 1 aliphatic carbocycles. The van der Waals surface area contributed by atoms with Gasteiger partial charge in [0.25, 0.3) is 0 Å². The normalized spacial score (nSPS) is 27.6. The van der Waals surface area contributed by atoms with E-state index in [1.807, 2.05) is 6.20 Å². The van der Waals surface area contributed by atoms with Gasteiger partial charge in [-0.2, -0.15) is 13.2 Å². The van der Waals surface area contributed by atoms with Crippen LogP contribution in [0.4, 0.5) is 13.2 Å². The molecule has 29 heavy (non-hydrogen) atoms. The molecule has 1 N–H and O–H groups in total. The summed E-state index contributed by atoms with van der Waals surface area (Å²) in [5.74, 6) is -1.91. The van der Waals surface area contributed by atoms with Crippen molar-refractivity contribution >= 4 is 17.3 Å². The number of carboxylic acid groups (broad SMARTS) is 1. The summed E-state index contributed by atoms with van der Waals surface area (Å²) in [7, 11) is 0. The summed E-state index contributed by atoms with van der Waals surface area (Å²) in [6.07, 6.45) is 3.51. The highest BCUT2D eigenvalue weighted by Gasteiger charge is 2.46. The van der Waals surface area contributed by atoms with Crippen molar-refractivity contribution in [3.05, 3.63) is 16.6 Å². The van der Waals surface area contributed by atoms with E-state index >= 15 is 0 Å². The average Bonchev–Trinajstić information content (AvgIpc) is 3.35. The van der Waals surface area contributed by atoms with Gasteiger partial charge in [0.15, 0.2) is 0 Å². The number of hydrogen-bond acceptors (Lipinski definition) is 6. The van der Waals surface area contributed by atoms with Gasteiger partial charge >= 0.3 is 12.1 Å². The average molecular weight is 436 g/mol. The van der Waals surface area contributed by atoms with E-state index in [0.717, 1.165) is 51.8 Å². The van der Waals surface area contributed by atoms with Crippen molar-refractivity contribution in [1.82, 2.24) is 9.88 Å². The predicted molar refractivity (Wildman–Crippen MR) is 101 cm³/mol. The van der Waals surface area contributed by atoms with Crippen LogP contribution in [-0.2, 0) is 20.8 Å². The van der Waals surface area contributed by atoms with Crippen LogP contribution in [0.15, 0.2) is 11.6 Å². The summed E-state index contributed by atoms with van der Waals surface area (Å²) in [6, 6.07) is 0. The summed E-state index contributed by atoms with van der Waals surface area (Å²) < 4.78 is 44.0. The molecule has 0 spiro atoms. The third-order valence-electron chi connectivity index (χ3n) is 5.59. The Bertz CT molecular complexity index is 654. The monoisotopic (exact) mass is 436 g/mol. The van der Waals surface area contributed by atoms with Gasteiger partial charge in [-0.25, -0.2) is 9.78 Å². The van der Waals surface area contributed by atoms with Gasteiger partial charge < -0.3 is 14.6 Å². The SMILES string of the molecule is O=C(O)C(F)(F)F.c1csc(CN2CCC3OCCCC3(COCC3CC3)C2)n1. The maximum Gasteiger partial charge on any atom is 0.490 e. The Kier molecular flexibility index (Phi) is 7.53. The highest BCUT2D eigenvalue weighted by atomic mass is 32.1. The van der Waals surface area contributed by atoms with E-state index in [1.54, 1.807) is 11.3 Å². The minimum absolute atomic E-state index is 0.211. The molecule has 0 bridgehead atoms. The van der Waals surface area contributed by atoms with E-state index in [-0.39, 0.29) is 5.41 Å². The maximum absolute atomic E-state index is 10.6. The topological polar surface area (TPSA) is 71.9 Å². The molecule has 6 nitrogen and oxygen atoms in total. The second kappa shape index (κ2) is 9.72. The highest BCUT2D eigenvalue weighted by Crippen LogP contribution is 2.41. The number of rotatable bonds is 6. The molecule has 4 rings (SSSR count). The smallest absolute Gasteiger partial charge is 0.475 e. The van der Waals surface area contributed by atoms with Crippen LogP contribution in [0.3, 0.4) is 0 Å². The summed E-state index contributed by atoms with van der Waals surface area (Å²) in [4.78, 5) is 15.9. The van der Waals surface area contributed by atoms with Gasteiger partial charge in [-0.05, 0) is 38.0 Å². The number of nitrogens with zero attached hydrogens (tertiary/aromatic N) is 2. The lowest BCUT2D eigenvalue weighted by molar-refractivity contribution is -0.192.